The van der Waals surface area contributed by atoms with Crippen LogP contribution in [0.2, 0.25) is 0 Å². The molecular formula is C19H22FNO5. The van der Waals surface area contributed by atoms with E-state index in [2.05, 4.69) is 19.2 Å². The highest BCUT2D eigenvalue weighted by Crippen LogP contribution is 2.42. The van der Waals surface area contributed by atoms with Gasteiger partial charge in [0.25, 0.3) is 0 Å². The molecule has 1 fully saturated rings. The monoisotopic (exact) mass is 363 g/mol. The topological polar surface area (TPSA) is 99.8 Å². The third-order valence-corrected chi connectivity index (χ3v) is 4.42. The number of benzene rings is 1. The number of hydrogen-bond donors (Lipinski definition) is 3. The molecule has 1 saturated heterocycles. The lowest BCUT2D eigenvalue weighted by Crippen LogP contribution is -2.41. The van der Waals surface area contributed by atoms with Gasteiger partial charge in [-0.05, 0) is 42.5 Å². The molecule has 1 atom stereocenters. The van der Waals surface area contributed by atoms with Gasteiger partial charge in [-0.3, -0.25) is 0 Å². The van der Waals surface area contributed by atoms with Gasteiger partial charge in [0, 0.05) is 29.6 Å². The molecule has 1 aromatic heterocycles. The smallest absolute Gasteiger partial charge is 0.328 e. The fraction of sp³-hybridized carbons (Fsp3) is 0.368. The molecule has 26 heavy (non-hydrogen) atoms. The van der Waals surface area contributed by atoms with Gasteiger partial charge in [0.05, 0.1) is 6.26 Å². The first kappa shape index (κ1) is 19.7. The summed E-state index contributed by atoms with van der Waals surface area (Å²) in [6.45, 7) is 6.39. The van der Waals surface area contributed by atoms with Crippen LogP contribution in [-0.2, 0) is 9.59 Å². The lowest BCUT2D eigenvalue weighted by Gasteiger charge is -2.39. The van der Waals surface area contributed by atoms with Crippen molar-refractivity contribution in [1.82, 2.24) is 5.32 Å². The van der Waals surface area contributed by atoms with E-state index in [-0.39, 0.29) is 11.2 Å². The highest BCUT2D eigenvalue weighted by atomic mass is 19.1. The highest BCUT2D eigenvalue weighted by molar-refractivity contribution is 5.89. The molecule has 3 rings (SSSR count). The van der Waals surface area contributed by atoms with Crippen molar-refractivity contribution in [3.63, 3.8) is 0 Å². The summed E-state index contributed by atoms with van der Waals surface area (Å²) in [7, 11) is 0. The maximum absolute atomic E-state index is 13.7. The van der Waals surface area contributed by atoms with Crippen LogP contribution in [0.1, 0.15) is 31.7 Å². The molecule has 2 heterocycles. The van der Waals surface area contributed by atoms with Crippen molar-refractivity contribution in [2.75, 3.05) is 13.1 Å². The molecule has 0 saturated carbocycles. The van der Waals surface area contributed by atoms with Crippen LogP contribution in [0.5, 0.6) is 0 Å². The Labute approximate surface area is 150 Å². The van der Waals surface area contributed by atoms with Crippen LogP contribution in [0.3, 0.4) is 0 Å². The third kappa shape index (κ3) is 4.92. The largest absolute Gasteiger partial charge is 0.478 e. The standard InChI is InChI=1S/C15H18FNO.C4H4O4/c1-15(2)9-17-5-3-13(15)12-8-11(16)7-10-4-6-18-14(10)12;5-3(6)1-2-4(7)8/h4,6-8,13,17H,3,5,9H2,1-2H3;1-2H,(H,5,6)(H,7,8). The van der Waals surface area contributed by atoms with Crippen molar-refractivity contribution in [3.05, 3.63) is 48.0 Å². The van der Waals surface area contributed by atoms with Crippen molar-refractivity contribution in [2.45, 2.75) is 26.2 Å². The second-order valence-electron chi connectivity index (χ2n) is 6.85. The number of furan rings is 1. The lowest BCUT2D eigenvalue weighted by atomic mass is 9.71. The number of halogens is 1. The molecule has 3 N–H and O–H groups in total. The molecule has 1 unspecified atom stereocenters. The maximum atomic E-state index is 13.7. The quantitative estimate of drug-likeness (QED) is 0.723. The zero-order chi connectivity index (χ0) is 19.3. The van der Waals surface area contributed by atoms with Crippen LogP contribution in [0.15, 0.2) is 41.0 Å². The van der Waals surface area contributed by atoms with E-state index in [1.54, 1.807) is 12.3 Å². The molecule has 140 valence electrons. The van der Waals surface area contributed by atoms with E-state index in [0.29, 0.717) is 18.1 Å². The van der Waals surface area contributed by atoms with Gasteiger partial charge in [-0.15, -0.1) is 0 Å². The van der Waals surface area contributed by atoms with E-state index in [9.17, 15) is 14.0 Å². The summed E-state index contributed by atoms with van der Waals surface area (Å²) in [6.07, 6.45) is 3.78. The molecule has 2 aromatic rings. The molecule has 7 heteroatoms. The highest BCUT2D eigenvalue weighted by Gasteiger charge is 2.35. The Bertz CT molecular complexity index is 808. The summed E-state index contributed by atoms with van der Waals surface area (Å²) >= 11 is 0. The second kappa shape index (κ2) is 8.14. The summed E-state index contributed by atoms with van der Waals surface area (Å²) in [6, 6.07) is 5.01. The number of carboxylic acids is 2. The Kier molecular flexibility index (Phi) is 6.15. The number of aliphatic carboxylic acids is 2. The molecule has 0 amide bonds. The van der Waals surface area contributed by atoms with E-state index in [1.807, 2.05) is 6.07 Å². The Balaban J connectivity index is 0.000000260. The van der Waals surface area contributed by atoms with E-state index in [1.165, 1.54) is 6.07 Å². The molecule has 0 radical (unpaired) electrons. The molecular weight excluding hydrogens is 341 g/mol. The summed E-state index contributed by atoms with van der Waals surface area (Å²) < 4.78 is 19.3. The first-order valence-electron chi connectivity index (χ1n) is 8.22. The summed E-state index contributed by atoms with van der Waals surface area (Å²) in [5.41, 5.74) is 1.98. The number of carboxylic acid groups (broad SMARTS) is 2. The predicted molar refractivity (Wildman–Crippen MR) is 94.6 cm³/mol. The summed E-state index contributed by atoms with van der Waals surface area (Å²) in [5, 5.41) is 19.9. The zero-order valence-corrected chi connectivity index (χ0v) is 14.7. The molecule has 1 aliphatic heterocycles. The Morgan fingerprint density at radius 2 is 1.92 bits per heavy atom. The predicted octanol–water partition coefficient (Wildman–Crippen LogP) is 3.39. The van der Waals surface area contributed by atoms with Crippen LogP contribution in [0.25, 0.3) is 11.0 Å². The van der Waals surface area contributed by atoms with Gasteiger partial charge < -0.3 is 19.9 Å². The third-order valence-electron chi connectivity index (χ3n) is 4.42. The lowest BCUT2D eigenvalue weighted by molar-refractivity contribution is -0.134. The van der Waals surface area contributed by atoms with Gasteiger partial charge in [-0.25, -0.2) is 14.0 Å². The average Bonchev–Trinajstić information content (AvgIpc) is 3.01. The number of piperidine rings is 1. The Morgan fingerprint density at radius 1 is 1.27 bits per heavy atom. The van der Waals surface area contributed by atoms with Crippen molar-refractivity contribution >= 4 is 22.9 Å². The second-order valence-corrected chi connectivity index (χ2v) is 6.85. The Hall–Kier alpha value is -2.67. The van der Waals surface area contributed by atoms with E-state index in [0.717, 1.165) is 36.0 Å². The van der Waals surface area contributed by atoms with Crippen molar-refractivity contribution < 1.29 is 28.6 Å². The minimum atomic E-state index is -1.26. The van der Waals surface area contributed by atoms with Gasteiger partial charge in [0.15, 0.2) is 0 Å². The molecule has 0 spiro atoms. The summed E-state index contributed by atoms with van der Waals surface area (Å²) in [4.78, 5) is 19.1. The van der Waals surface area contributed by atoms with E-state index < -0.39 is 11.9 Å². The number of nitrogens with one attached hydrogen (secondary N) is 1. The van der Waals surface area contributed by atoms with Crippen LogP contribution >= 0.6 is 0 Å². The zero-order valence-electron chi connectivity index (χ0n) is 14.7. The number of hydrogen-bond acceptors (Lipinski definition) is 4. The first-order valence-corrected chi connectivity index (χ1v) is 8.22. The van der Waals surface area contributed by atoms with Crippen LogP contribution in [0, 0.1) is 11.2 Å². The SMILES string of the molecule is CC1(C)CNCCC1c1cc(F)cc2ccoc12.O=C(O)C=CC(=O)O. The fourth-order valence-corrected chi connectivity index (χ4v) is 3.22. The van der Waals surface area contributed by atoms with Gasteiger partial charge in [0.2, 0.25) is 0 Å². The molecule has 1 aromatic carbocycles. The first-order chi connectivity index (χ1) is 12.2. The number of rotatable bonds is 3. The van der Waals surface area contributed by atoms with E-state index >= 15 is 0 Å². The van der Waals surface area contributed by atoms with E-state index in [4.69, 9.17) is 14.6 Å². The van der Waals surface area contributed by atoms with Crippen LogP contribution in [-0.4, -0.2) is 35.2 Å². The average molecular weight is 363 g/mol. The van der Waals surface area contributed by atoms with Crippen LogP contribution in [0.4, 0.5) is 4.39 Å². The van der Waals surface area contributed by atoms with Gasteiger partial charge in [-0.2, -0.15) is 0 Å². The maximum Gasteiger partial charge on any atom is 0.328 e. The van der Waals surface area contributed by atoms with Crippen molar-refractivity contribution in [1.29, 1.82) is 0 Å². The van der Waals surface area contributed by atoms with Gasteiger partial charge in [0.1, 0.15) is 11.4 Å². The minimum Gasteiger partial charge on any atom is -0.478 e. The van der Waals surface area contributed by atoms with Gasteiger partial charge in [-0.1, -0.05) is 13.8 Å². The van der Waals surface area contributed by atoms with Gasteiger partial charge >= 0.3 is 11.9 Å². The fourth-order valence-electron chi connectivity index (χ4n) is 3.22. The number of carbonyl (C=O) groups is 2. The summed E-state index contributed by atoms with van der Waals surface area (Å²) in [5.74, 6) is -2.35. The molecule has 6 nitrogen and oxygen atoms in total. The molecule has 0 aliphatic carbocycles. The molecule has 0 bridgehead atoms. The Morgan fingerprint density at radius 3 is 2.50 bits per heavy atom. The molecule has 1 aliphatic rings. The minimum absolute atomic E-state index is 0.117. The van der Waals surface area contributed by atoms with Crippen molar-refractivity contribution in [3.8, 4) is 0 Å². The van der Waals surface area contributed by atoms with Crippen molar-refractivity contribution in [2.24, 2.45) is 5.41 Å². The normalized spacial score (nSPS) is 19.1. The number of fused-ring (bicyclic) bond motifs is 1. The van der Waals surface area contributed by atoms with Crippen LogP contribution < -0.4 is 5.32 Å².